The number of nitrogens with zero attached hydrogens (tertiary/aromatic N) is 1. The van der Waals surface area contributed by atoms with Gasteiger partial charge in [-0.05, 0) is 60.2 Å². The minimum absolute atomic E-state index is 0.293. The van der Waals surface area contributed by atoms with E-state index >= 15 is 0 Å². The number of aryl methyl sites for hydroxylation is 1. The molecule has 4 nitrogen and oxygen atoms in total. The molecule has 0 aromatic heterocycles. The minimum atomic E-state index is -0.435. The van der Waals surface area contributed by atoms with E-state index < -0.39 is 6.09 Å². The van der Waals surface area contributed by atoms with E-state index in [2.05, 4.69) is 34.5 Å². The van der Waals surface area contributed by atoms with Crippen LogP contribution in [0, 0.1) is 0 Å². The number of amides is 1. The lowest BCUT2D eigenvalue weighted by atomic mass is 9.81. The highest BCUT2D eigenvalue weighted by molar-refractivity contribution is 6.30. The predicted octanol–water partition coefficient (Wildman–Crippen LogP) is 4.81. The summed E-state index contributed by atoms with van der Waals surface area (Å²) < 4.78 is 4.76. The molecule has 2 aliphatic rings. The van der Waals surface area contributed by atoms with Crippen molar-refractivity contribution in [3.8, 4) is 0 Å². The lowest BCUT2D eigenvalue weighted by Crippen LogP contribution is -2.36. The molecule has 0 saturated carbocycles. The molecular weight excluding hydrogens is 336 g/mol. The molecule has 2 aliphatic heterocycles. The van der Waals surface area contributed by atoms with E-state index in [4.69, 9.17) is 16.3 Å². The number of anilines is 2. The number of hydrogen-bond acceptors (Lipinski definition) is 3. The predicted molar refractivity (Wildman–Crippen MR) is 101 cm³/mol. The lowest BCUT2D eigenvalue weighted by Gasteiger charge is -2.40. The fourth-order valence-electron chi connectivity index (χ4n) is 4.11. The van der Waals surface area contributed by atoms with Gasteiger partial charge in [0.05, 0.1) is 7.11 Å². The van der Waals surface area contributed by atoms with E-state index in [9.17, 15) is 4.79 Å². The Hall–Kier alpha value is -2.20. The second-order valence-corrected chi connectivity index (χ2v) is 7.11. The molecule has 1 atom stereocenters. The molecule has 0 spiro atoms. The maximum absolute atomic E-state index is 11.7. The van der Waals surface area contributed by atoms with Gasteiger partial charge in [0.25, 0.3) is 0 Å². The quantitative estimate of drug-likeness (QED) is 0.839. The van der Waals surface area contributed by atoms with Gasteiger partial charge in [0.15, 0.2) is 0 Å². The van der Waals surface area contributed by atoms with Crippen molar-refractivity contribution in [3.63, 3.8) is 0 Å². The Morgan fingerprint density at radius 1 is 1.28 bits per heavy atom. The van der Waals surface area contributed by atoms with Crippen LogP contribution < -0.4 is 10.2 Å². The van der Waals surface area contributed by atoms with Gasteiger partial charge < -0.3 is 9.64 Å². The van der Waals surface area contributed by atoms with E-state index in [1.165, 1.54) is 29.5 Å². The molecule has 25 heavy (non-hydrogen) atoms. The zero-order chi connectivity index (χ0) is 17.4. The van der Waals surface area contributed by atoms with Crippen molar-refractivity contribution in [3.05, 3.63) is 58.1 Å². The van der Waals surface area contributed by atoms with Crippen molar-refractivity contribution in [2.45, 2.75) is 25.2 Å². The summed E-state index contributed by atoms with van der Waals surface area (Å²) in [7, 11) is 1.38. The second-order valence-electron chi connectivity index (χ2n) is 6.68. The third kappa shape index (κ3) is 3.07. The van der Waals surface area contributed by atoms with Crippen molar-refractivity contribution < 1.29 is 9.53 Å². The number of ether oxygens (including phenoxy) is 1. The number of rotatable bonds is 2. The van der Waals surface area contributed by atoms with Gasteiger partial charge in [-0.1, -0.05) is 23.7 Å². The van der Waals surface area contributed by atoms with E-state index in [-0.39, 0.29) is 0 Å². The van der Waals surface area contributed by atoms with Crippen molar-refractivity contribution in [2.75, 3.05) is 30.4 Å². The smallest absolute Gasteiger partial charge is 0.411 e. The molecule has 0 aliphatic carbocycles. The molecule has 2 aromatic carbocycles. The van der Waals surface area contributed by atoms with Crippen molar-refractivity contribution in [2.24, 2.45) is 0 Å². The molecule has 130 valence electrons. The Bertz CT molecular complexity index is 821. The molecule has 2 heterocycles. The summed E-state index contributed by atoms with van der Waals surface area (Å²) in [6.07, 6.45) is 2.80. The lowest BCUT2D eigenvalue weighted by molar-refractivity contribution is 0.187. The summed E-state index contributed by atoms with van der Waals surface area (Å²) in [6.45, 7) is 2.16. The largest absolute Gasteiger partial charge is 0.453 e. The van der Waals surface area contributed by atoms with Crippen molar-refractivity contribution in [1.82, 2.24) is 0 Å². The molecule has 0 radical (unpaired) electrons. The molecule has 2 aromatic rings. The average molecular weight is 357 g/mol. The number of hydrogen-bond donors (Lipinski definition) is 1. The first kappa shape index (κ1) is 16.3. The van der Waals surface area contributed by atoms with Gasteiger partial charge in [-0.2, -0.15) is 0 Å². The van der Waals surface area contributed by atoms with Crippen LogP contribution >= 0.6 is 11.6 Å². The van der Waals surface area contributed by atoms with Gasteiger partial charge in [0, 0.05) is 35.4 Å². The van der Waals surface area contributed by atoms with Gasteiger partial charge >= 0.3 is 6.09 Å². The maximum Gasteiger partial charge on any atom is 0.411 e. The number of nitrogens with one attached hydrogen (secondary N) is 1. The molecule has 0 fully saturated rings. The third-order valence-electron chi connectivity index (χ3n) is 5.15. The highest BCUT2D eigenvalue weighted by atomic mass is 35.5. The fraction of sp³-hybridized carbons (Fsp3) is 0.350. The first-order valence-corrected chi connectivity index (χ1v) is 9.05. The van der Waals surface area contributed by atoms with Crippen molar-refractivity contribution in [1.29, 1.82) is 0 Å². The first-order chi connectivity index (χ1) is 12.2. The van der Waals surface area contributed by atoms with E-state index in [0.29, 0.717) is 5.92 Å². The van der Waals surface area contributed by atoms with E-state index in [0.717, 1.165) is 43.1 Å². The number of benzene rings is 2. The zero-order valence-electron chi connectivity index (χ0n) is 14.2. The maximum atomic E-state index is 11.7. The third-order valence-corrected chi connectivity index (χ3v) is 5.39. The van der Waals surface area contributed by atoms with Crippen LogP contribution in [0.2, 0.25) is 5.02 Å². The van der Waals surface area contributed by atoms with Crippen LogP contribution in [0.15, 0.2) is 36.4 Å². The Kier molecular flexibility index (Phi) is 4.30. The summed E-state index contributed by atoms with van der Waals surface area (Å²) >= 11 is 6.22. The van der Waals surface area contributed by atoms with Crippen LogP contribution in [-0.2, 0) is 11.2 Å². The fourth-order valence-corrected chi connectivity index (χ4v) is 4.31. The summed E-state index contributed by atoms with van der Waals surface area (Å²) in [5, 5.41) is 3.59. The molecule has 0 saturated heterocycles. The summed E-state index contributed by atoms with van der Waals surface area (Å²) in [4.78, 5) is 14.1. The topological polar surface area (TPSA) is 41.6 Å². The molecule has 1 unspecified atom stereocenters. The number of carbonyl (C=O) groups is 1. The molecular formula is C20H21ClN2O2. The van der Waals surface area contributed by atoms with Gasteiger partial charge in [-0.15, -0.1) is 0 Å². The number of halogens is 1. The minimum Gasteiger partial charge on any atom is -0.453 e. The van der Waals surface area contributed by atoms with Crippen LogP contribution in [0.3, 0.4) is 0 Å². The highest BCUT2D eigenvalue weighted by Gasteiger charge is 2.31. The van der Waals surface area contributed by atoms with Crippen LogP contribution in [0.1, 0.15) is 35.4 Å². The monoisotopic (exact) mass is 356 g/mol. The second kappa shape index (κ2) is 6.60. The zero-order valence-corrected chi connectivity index (χ0v) is 15.0. The molecule has 1 N–H and O–H groups in total. The van der Waals surface area contributed by atoms with Crippen LogP contribution in [0.25, 0.3) is 0 Å². The van der Waals surface area contributed by atoms with Gasteiger partial charge in [0.2, 0.25) is 0 Å². The summed E-state index contributed by atoms with van der Waals surface area (Å²) in [5.41, 5.74) is 5.96. The summed E-state index contributed by atoms with van der Waals surface area (Å²) in [5.74, 6) is 0.293. The number of carbonyl (C=O) groups excluding carboxylic acids is 1. The van der Waals surface area contributed by atoms with Gasteiger partial charge in [-0.25, -0.2) is 4.79 Å². The highest BCUT2D eigenvalue weighted by Crippen LogP contribution is 2.45. The first-order valence-electron chi connectivity index (χ1n) is 8.68. The van der Waals surface area contributed by atoms with E-state index in [1.807, 2.05) is 12.1 Å². The van der Waals surface area contributed by atoms with Crippen molar-refractivity contribution >= 4 is 29.1 Å². The Morgan fingerprint density at radius 3 is 2.96 bits per heavy atom. The van der Waals surface area contributed by atoms with Crippen LogP contribution in [0.4, 0.5) is 16.2 Å². The SMILES string of the molecule is COC(=O)Nc1cc2c3c(c1)C(c1cccc(Cl)c1)CCN3CCC2. The molecule has 1 amide bonds. The Balaban J connectivity index is 1.82. The molecule has 4 rings (SSSR count). The normalized spacial score (nSPS) is 18.5. The Morgan fingerprint density at radius 2 is 2.16 bits per heavy atom. The van der Waals surface area contributed by atoms with Crippen LogP contribution in [0.5, 0.6) is 0 Å². The number of methoxy groups -OCH3 is 1. The average Bonchev–Trinajstić information content (AvgIpc) is 2.62. The molecule has 5 heteroatoms. The van der Waals surface area contributed by atoms with E-state index in [1.54, 1.807) is 0 Å². The van der Waals surface area contributed by atoms with Crippen LogP contribution in [-0.4, -0.2) is 26.3 Å². The molecule has 0 bridgehead atoms. The standard InChI is InChI=1S/C20H21ClN2O2/c1-25-20(24)22-16-11-14-5-3-8-23-9-7-17(18(12-16)19(14)23)13-4-2-6-15(21)10-13/h2,4,6,10-12,17H,3,5,7-9H2,1H3,(H,22,24). The Labute approximate surface area is 152 Å². The van der Waals surface area contributed by atoms with Gasteiger partial charge in [-0.3, -0.25) is 5.32 Å². The van der Waals surface area contributed by atoms with Gasteiger partial charge in [0.1, 0.15) is 0 Å². The summed E-state index contributed by atoms with van der Waals surface area (Å²) in [6, 6.07) is 12.3.